The monoisotopic (exact) mass is 417 g/mol. The summed E-state index contributed by atoms with van der Waals surface area (Å²) < 4.78 is 38.9. The summed E-state index contributed by atoms with van der Waals surface area (Å²) in [4.78, 5) is 16.4. The van der Waals surface area contributed by atoms with Crippen LogP contribution in [0.2, 0.25) is 0 Å². The highest BCUT2D eigenvalue weighted by Gasteiger charge is 2.18. The third kappa shape index (κ3) is 4.79. The Hall–Kier alpha value is -3.24. The molecule has 0 unspecified atom stereocenters. The Balaban J connectivity index is 1.75. The van der Waals surface area contributed by atoms with E-state index in [-0.39, 0.29) is 23.0 Å². The highest BCUT2D eigenvalue weighted by molar-refractivity contribution is 7.89. The molecule has 0 amide bonds. The van der Waals surface area contributed by atoms with Crippen molar-refractivity contribution < 1.29 is 27.2 Å². The van der Waals surface area contributed by atoms with Gasteiger partial charge in [0.05, 0.1) is 22.6 Å². The highest BCUT2D eigenvalue weighted by atomic mass is 32.2. The van der Waals surface area contributed by atoms with Crippen molar-refractivity contribution in [2.75, 3.05) is 6.61 Å². The molecule has 0 bridgehead atoms. The number of esters is 1. The molecule has 1 heterocycles. The van der Waals surface area contributed by atoms with Crippen molar-refractivity contribution >= 4 is 16.0 Å². The molecule has 0 fully saturated rings. The Morgan fingerprint density at radius 3 is 2.69 bits per heavy atom. The van der Waals surface area contributed by atoms with Gasteiger partial charge in [0.2, 0.25) is 15.8 Å². The number of carbonyl (C=O) groups is 1. The molecule has 2 aromatic carbocycles. The minimum absolute atomic E-state index is 0.0814. The lowest BCUT2D eigenvalue weighted by Crippen LogP contribution is -2.14. The van der Waals surface area contributed by atoms with Crippen LogP contribution >= 0.6 is 0 Å². The number of ether oxygens (including phenoxy) is 2. The molecule has 3 rings (SSSR count). The van der Waals surface area contributed by atoms with Crippen molar-refractivity contribution in [3.05, 3.63) is 59.5 Å². The molecular formula is C19H19N3O6S. The maximum absolute atomic E-state index is 12.4. The molecule has 152 valence electrons. The van der Waals surface area contributed by atoms with Crippen LogP contribution in [0.1, 0.15) is 28.7 Å². The predicted molar refractivity (Wildman–Crippen MR) is 103 cm³/mol. The molecule has 0 aliphatic rings. The van der Waals surface area contributed by atoms with Gasteiger partial charge >= 0.3 is 5.97 Å². The van der Waals surface area contributed by atoms with E-state index in [0.717, 1.165) is 0 Å². The fourth-order valence-electron chi connectivity index (χ4n) is 2.56. The fraction of sp³-hybridized carbons (Fsp3) is 0.211. The summed E-state index contributed by atoms with van der Waals surface area (Å²) in [6.45, 7) is 3.72. The van der Waals surface area contributed by atoms with E-state index in [9.17, 15) is 13.2 Å². The summed E-state index contributed by atoms with van der Waals surface area (Å²) in [5.74, 6) is 0.254. The molecule has 0 aliphatic heterocycles. The number of aromatic nitrogens is 2. The number of sulfonamides is 1. The standard InChI is InChI=1S/C19H19N3O6S/c1-3-26-16-7-5-4-6-14(16)18-21-17(28-22-18)11-27-19(23)15-10-13(29(20,24)25)9-8-12(15)2/h4-10H,3,11H2,1-2H3,(H2,20,24,25). The summed E-state index contributed by atoms with van der Waals surface area (Å²) in [5.41, 5.74) is 1.27. The van der Waals surface area contributed by atoms with Crippen molar-refractivity contribution in [1.82, 2.24) is 10.1 Å². The van der Waals surface area contributed by atoms with Crippen LogP contribution in [0.5, 0.6) is 5.75 Å². The van der Waals surface area contributed by atoms with Crippen LogP contribution in [-0.4, -0.2) is 31.1 Å². The first-order valence-electron chi connectivity index (χ1n) is 8.65. The predicted octanol–water partition coefficient (Wildman–Crippen LogP) is 2.45. The summed E-state index contributed by atoms with van der Waals surface area (Å²) in [6.07, 6.45) is 0. The van der Waals surface area contributed by atoms with Crippen LogP contribution in [0.15, 0.2) is 51.9 Å². The second-order valence-corrected chi connectivity index (χ2v) is 7.60. The van der Waals surface area contributed by atoms with E-state index in [0.29, 0.717) is 29.3 Å². The summed E-state index contributed by atoms with van der Waals surface area (Å²) >= 11 is 0. The average Bonchev–Trinajstić information content (AvgIpc) is 3.15. The Bertz CT molecular complexity index is 1140. The Morgan fingerprint density at radius 2 is 1.97 bits per heavy atom. The van der Waals surface area contributed by atoms with E-state index in [1.165, 1.54) is 18.2 Å². The van der Waals surface area contributed by atoms with Crippen LogP contribution in [0.4, 0.5) is 0 Å². The van der Waals surface area contributed by atoms with Gasteiger partial charge < -0.3 is 14.0 Å². The topological polar surface area (TPSA) is 135 Å². The average molecular weight is 417 g/mol. The summed E-state index contributed by atoms with van der Waals surface area (Å²) in [5, 5.41) is 9.00. The molecule has 0 spiro atoms. The smallest absolute Gasteiger partial charge is 0.338 e. The molecule has 0 atom stereocenters. The zero-order valence-electron chi connectivity index (χ0n) is 15.8. The molecule has 10 heteroatoms. The minimum atomic E-state index is -3.94. The first kappa shape index (κ1) is 20.5. The largest absolute Gasteiger partial charge is 0.493 e. The number of para-hydroxylation sites is 1. The van der Waals surface area contributed by atoms with Crippen molar-refractivity contribution in [1.29, 1.82) is 0 Å². The molecule has 29 heavy (non-hydrogen) atoms. The van der Waals surface area contributed by atoms with Crippen LogP contribution in [-0.2, 0) is 21.4 Å². The molecule has 1 aromatic heterocycles. The van der Waals surface area contributed by atoms with E-state index in [4.69, 9.17) is 19.1 Å². The molecule has 0 saturated carbocycles. The zero-order valence-corrected chi connectivity index (χ0v) is 16.6. The van der Waals surface area contributed by atoms with Crippen molar-refractivity contribution in [2.24, 2.45) is 5.14 Å². The minimum Gasteiger partial charge on any atom is -0.493 e. The van der Waals surface area contributed by atoms with Gasteiger partial charge in [0.15, 0.2) is 6.61 Å². The van der Waals surface area contributed by atoms with E-state index >= 15 is 0 Å². The molecular weight excluding hydrogens is 398 g/mol. The van der Waals surface area contributed by atoms with Crippen LogP contribution in [0.3, 0.4) is 0 Å². The number of benzene rings is 2. The number of hydrogen-bond acceptors (Lipinski definition) is 8. The number of carbonyl (C=O) groups excluding carboxylic acids is 1. The van der Waals surface area contributed by atoms with Gasteiger partial charge in [0, 0.05) is 0 Å². The van der Waals surface area contributed by atoms with Gasteiger partial charge in [-0.15, -0.1) is 0 Å². The van der Waals surface area contributed by atoms with Gasteiger partial charge in [-0.25, -0.2) is 18.4 Å². The quantitative estimate of drug-likeness (QED) is 0.579. The highest BCUT2D eigenvalue weighted by Crippen LogP contribution is 2.27. The van der Waals surface area contributed by atoms with Crippen LogP contribution in [0.25, 0.3) is 11.4 Å². The van der Waals surface area contributed by atoms with Gasteiger partial charge in [0.1, 0.15) is 5.75 Å². The normalized spacial score (nSPS) is 11.3. The van der Waals surface area contributed by atoms with E-state index in [2.05, 4.69) is 10.1 Å². The summed E-state index contributed by atoms with van der Waals surface area (Å²) in [6, 6.07) is 11.2. The van der Waals surface area contributed by atoms with E-state index in [1.54, 1.807) is 19.1 Å². The van der Waals surface area contributed by atoms with E-state index in [1.807, 2.05) is 19.1 Å². The van der Waals surface area contributed by atoms with Crippen LogP contribution in [0, 0.1) is 6.92 Å². The third-order valence-electron chi connectivity index (χ3n) is 3.98. The lowest BCUT2D eigenvalue weighted by atomic mass is 10.1. The maximum Gasteiger partial charge on any atom is 0.338 e. The Kier molecular flexibility index (Phi) is 5.95. The number of primary sulfonamides is 1. The van der Waals surface area contributed by atoms with Gasteiger partial charge in [-0.05, 0) is 43.7 Å². The lowest BCUT2D eigenvalue weighted by molar-refractivity contribution is 0.0428. The van der Waals surface area contributed by atoms with Crippen molar-refractivity contribution in [3.63, 3.8) is 0 Å². The third-order valence-corrected chi connectivity index (χ3v) is 4.89. The van der Waals surface area contributed by atoms with Crippen LogP contribution < -0.4 is 9.88 Å². The molecule has 0 saturated heterocycles. The van der Waals surface area contributed by atoms with Gasteiger partial charge in [-0.3, -0.25) is 0 Å². The van der Waals surface area contributed by atoms with Gasteiger partial charge in [0.25, 0.3) is 5.89 Å². The molecule has 9 nitrogen and oxygen atoms in total. The van der Waals surface area contributed by atoms with Gasteiger partial charge in [-0.1, -0.05) is 23.4 Å². The second-order valence-electron chi connectivity index (χ2n) is 6.04. The second kappa shape index (κ2) is 8.41. The Labute approximate surface area is 167 Å². The fourth-order valence-corrected chi connectivity index (χ4v) is 3.10. The number of hydrogen-bond donors (Lipinski definition) is 1. The first-order chi connectivity index (χ1) is 13.8. The number of aryl methyl sites for hydroxylation is 1. The molecule has 2 N–H and O–H groups in total. The molecule has 3 aromatic rings. The maximum atomic E-state index is 12.4. The summed E-state index contributed by atoms with van der Waals surface area (Å²) in [7, 11) is -3.94. The molecule has 0 aliphatic carbocycles. The molecule has 0 radical (unpaired) electrons. The Morgan fingerprint density at radius 1 is 1.21 bits per heavy atom. The van der Waals surface area contributed by atoms with Gasteiger partial charge in [-0.2, -0.15) is 4.98 Å². The zero-order chi connectivity index (χ0) is 21.0. The lowest BCUT2D eigenvalue weighted by Gasteiger charge is -2.07. The van der Waals surface area contributed by atoms with Crippen molar-refractivity contribution in [2.45, 2.75) is 25.3 Å². The number of nitrogens with two attached hydrogens (primary N) is 1. The van der Waals surface area contributed by atoms with Crippen molar-refractivity contribution in [3.8, 4) is 17.1 Å². The first-order valence-corrected chi connectivity index (χ1v) is 10.2. The van der Waals surface area contributed by atoms with E-state index < -0.39 is 16.0 Å². The number of nitrogens with zero attached hydrogens (tertiary/aromatic N) is 2. The number of rotatable bonds is 7. The SMILES string of the molecule is CCOc1ccccc1-c1noc(COC(=O)c2cc(S(N)(=O)=O)ccc2C)n1.